The molecule has 0 spiro atoms. The molecule has 0 aliphatic carbocycles. The normalized spacial score (nSPS) is 27.0. The van der Waals surface area contributed by atoms with E-state index in [9.17, 15) is 19.5 Å². The average Bonchev–Trinajstić information content (AvgIpc) is 3.05. The predicted molar refractivity (Wildman–Crippen MR) is 92.4 cm³/mol. The van der Waals surface area contributed by atoms with Gasteiger partial charge in [0, 0.05) is 17.7 Å². The van der Waals surface area contributed by atoms with E-state index in [0.717, 1.165) is 11.3 Å². The number of anilines is 1. The van der Waals surface area contributed by atoms with E-state index >= 15 is 0 Å². The Hall–Kier alpha value is -1.60. The van der Waals surface area contributed by atoms with Crippen LogP contribution >= 0.6 is 23.1 Å². The van der Waals surface area contributed by atoms with Gasteiger partial charge in [-0.1, -0.05) is 11.2 Å². The molecule has 13 heteroatoms. The first-order valence-corrected chi connectivity index (χ1v) is 9.27. The summed E-state index contributed by atoms with van der Waals surface area (Å²) in [4.78, 5) is 41.2. The first-order valence-electron chi connectivity index (χ1n) is 7.34. The molecule has 1 aromatic heterocycles. The topological polar surface area (TPSA) is 161 Å². The summed E-state index contributed by atoms with van der Waals surface area (Å²) in [5.74, 6) is -2.34. The molecule has 0 bridgehead atoms. The molecule has 0 saturated carbocycles. The molecule has 2 fully saturated rings. The first-order chi connectivity index (χ1) is 12.3. The number of nitrogens with one attached hydrogen (secondary N) is 1. The van der Waals surface area contributed by atoms with E-state index in [4.69, 9.17) is 10.9 Å². The summed E-state index contributed by atoms with van der Waals surface area (Å²) in [5, 5.41) is 27.1. The van der Waals surface area contributed by atoms with E-state index in [1.165, 1.54) is 28.1 Å². The van der Waals surface area contributed by atoms with Crippen LogP contribution in [0.3, 0.4) is 0 Å². The monoisotopic (exact) mass is 419 g/mol. The second kappa shape index (κ2) is 8.19. The molecule has 3 rings (SSSR count). The second-order valence-corrected chi connectivity index (χ2v) is 7.78. The summed E-state index contributed by atoms with van der Waals surface area (Å²) in [6.07, 6.45) is 1.27. The molecule has 2 amide bonds. The number of oxime groups is 1. The van der Waals surface area contributed by atoms with E-state index in [1.807, 2.05) is 0 Å². The summed E-state index contributed by atoms with van der Waals surface area (Å²) in [5.41, 5.74) is 3.91. The van der Waals surface area contributed by atoms with Gasteiger partial charge in [-0.25, -0.2) is 4.98 Å². The number of nitrogens with zero attached hydrogens (tertiary/aromatic N) is 3. The second-order valence-electron chi connectivity index (χ2n) is 5.79. The van der Waals surface area contributed by atoms with Crippen LogP contribution in [0.1, 0.15) is 5.69 Å². The van der Waals surface area contributed by atoms with Crippen LogP contribution < -0.4 is 45.7 Å². The number of carboxylic acid groups (broad SMARTS) is 1. The molecule has 2 saturated heterocycles. The van der Waals surface area contributed by atoms with Crippen LogP contribution in [0.5, 0.6) is 0 Å². The van der Waals surface area contributed by atoms with E-state index in [2.05, 4.69) is 22.0 Å². The molecule has 3 atom stereocenters. The molecule has 2 aliphatic rings. The molecule has 138 valence electrons. The minimum Gasteiger partial charge on any atom is -0.549 e. The number of aromatic nitrogens is 1. The van der Waals surface area contributed by atoms with Gasteiger partial charge >= 0.3 is 29.6 Å². The minimum atomic E-state index is -1.32. The van der Waals surface area contributed by atoms with Gasteiger partial charge in [-0.3, -0.25) is 9.59 Å². The van der Waals surface area contributed by atoms with Gasteiger partial charge in [-0.15, -0.1) is 29.7 Å². The number of hydrogen-bond acceptors (Lipinski definition) is 10. The van der Waals surface area contributed by atoms with Gasteiger partial charge in [-0.05, 0) is 0 Å². The number of thioether (sulfide) groups is 1. The zero-order valence-corrected chi connectivity index (χ0v) is 17.9. The molecule has 10 nitrogen and oxygen atoms in total. The number of carboxylic acids is 1. The number of carbonyl (C=O) groups is 3. The number of fused-ring (bicyclic) bond motifs is 1. The average molecular weight is 419 g/mol. The van der Waals surface area contributed by atoms with Crippen LogP contribution in [0, 0.1) is 5.41 Å². The molecule has 2 aliphatic heterocycles. The Morgan fingerprint density at radius 2 is 2.30 bits per heavy atom. The summed E-state index contributed by atoms with van der Waals surface area (Å²) < 4.78 is 0. The smallest absolute Gasteiger partial charge is 0.549 e. The minimum absolute atomic E-state index is 0. The van der Waals surface area contributed by atoms with Crippen molar-refractivity contribution in [3.63, 3.8) is 0 Å². The maximum atomic E-state index is 12.3. The molecular formula is C14H14N5NaO5S2. The van der Waals surface area contributed by atoms with Crippen molar-refractivity contribution in [3.8, 4) is 0 Å². The number of carbonyl (C=O) groups excluding carboxylic acids is 3. The van der Waals surface area contributed by atoms with Crippen molar-refractivity contribution in [1.82, 2.24) is 15.2 Å². The molecule has 0 radical (unpaired) electrons. The SMILES string of the molecule is C=CC1(C(=O)[O-])CS[C@@H]2C(NC(=O)C(=NO)c3csc(N)n3)C(=O)N2C1.[Na+]. The predicted octanol–water partition coefficient (Wildman–Crippen LogP) is -4.77. The van der Waals surface area contributed by atoms with Gasteiger partial charge < -0.3 is 31.1 Å². The Balaban J connectivity index is 0.00000261. The molecule has 2 unspecified atom stereocenters. The summed E-state index contributed by atoms with van der Waals surface area (Å²) in [7, 11) is 0. The largest absolute Gasteiger partial charge is 1.00 e. The van der Waals surface area contributed by atoms with Crippen LogP contribution in [0.15, 0.2) is 23.2 Å². The number of amides is 2. The number of aliphatic carboxylic acids is 1. The molecule has 4 N–H and O–H groups in total. The van der Waals surface area contributed by atoms with Crippen molar-refractivity contribution in [2.24, 2.45) is 10.6 Å². The van der Waals surface area contributed by atoms with Crippen LogP contribution in [-0.4, -0.2) is 62.3 Å². The summed E-state index contributed by atoms with van der Waals surface area (Å²) in [6, 6.07) is -0.857. The number of thiazole rings is 1. The van der Waals surface area contributed by atoms with E-state index in [1.54, 1.807) is 0 Å². The fraction of sp³-hybridized carbons (Fsp3) is 0.357. The first kappa shape index (κ1) is 21.7. The quantitative estimate of drug-likeness (QED) is 0.107. The molecule has 1 aromatic rings. The summed E-state index contributed by atoms with van der Waals surface area (Å²) in [6.45, 7) is 3.46. The van der Waals surface area contributed by atoms with Gasteiger partial charge in [0.15, 0.2) is 10.8 Å². The number of nitrogens with two attached hydrogens (primary N) is 1. The fourth-order valence-corrected chi connectivity index (χ4v) is 4.82. The zero-order valence-electron chi connectivity index (χ0n) is 14.2. The Morgan fingerprint density at radius 3 is 2.81 bits per heavy atom. The van der Waals surface area contributed by atoms with Crippen molar-refractivity contribution in [3.05, 3.63) is 23.7 Å². The third-order valence-corrected chi connectivity index (χ3v) is 6.49. The Bertz CT molecular complexity index is 831. The van der Waals surface area contributed by atoms with Crippen LogP contribution in [0.2, 0.25) is 0 Å². The number of β-lactam (4-membered cyclic amide) rings is 1. The van der Waals surface area contributed by atoms with Crippen LogP contribution in [0.25, 0.3) is 0 Å². The third-order valence-electron chi connectivity index (χ3n) is 4.27. The van der Waals surface area contributed by atoms with E-state index in [-0.39, 0.29) is 58.4 Å². The Labute approximate surface area is 184 Å². The van der Waals surface area contributed by atoms with Gasteiger partial charge in [0.05, 0.1) is 11.4 Å². The van der Waals surface area contributed by atoms with Crippen LogP contribution in [-0.2, 0) is 14.4 Å². The van der Waals surface area contributed by atoms with Crippen molar-refractivity contribution >= 4 is 51.7 Å². The molecule has 0 aromatic carbocycles. The zero-order chi connectivity index (χ0) is 19.1. The fourth-order valence-electron chi connectivity index (χ4n) is 2.74. The number of nitrogen functional groups attached to an aromatic ring is 1. The number of rotatable bonds is 5. The van der Waals surface area contributed by atoms with Crippen molar-refractivity contribution < 1.29 is 54.3 Å². The Morgan fingerprint density at radius 1 is 1.59 bits per heavy atom. The van der Waals surface area contributed by atoms with Crippen molar-refractivity contribution in [2.45, 2.75) is 11.4 Å². The van der Waals surface area contributed by atoms with E-state index < -0.39 is 34.6 Å². The van der Waals surface area contributed by atoms with Gasteiger partial charge in [0.25, 0.3) is 5.91 Å². The van der Waals surface area contributed by atoms with E-state index in [0.29, 0.717) is 0 Å². The number of hydrogen-bond donors (Lipinski definition) is 3. The maximum Gasteiger partial charge on any atom is 1.00 e. The summed E-state index contributed by atoms with van der Waals surface area (Å²) >= 11 is 2.28. The van der Waals surface area contributed by atoms with Gasteiger partial charge in [0.2, 0.25) is 5.91 Å². The van der Waals surface area contributed by atoms with Crippen molar-refractivity contribution in [1.29, 1.82) is 0 Å². The standard InChI is InChI=1S/C14H15N5O5S2.Na/c1-2-14(12(22)23)4-19-10(21)8(11(19)26-5-14)17-9(20)7(18-24)6-3-25-13(15)16-6;/h2-3,8,11,24H,1,4-5H2,(H2,15,16)(H,17,20)(H,22,23);/q;+1/p-1/t8?,11-,14?;/m1./s1. The maximum absolute atomic E-state index is 12.3. The third kappa shape index (κ3) is 3.72. The van der Waals surface area contributed by atoms with Gasteiger partial charge in [-0.2, -0.15) is 0 Å². The Kier molecular flexibility index (Phi) is 6.58. The van der Waals surface area contributed by atoms with Crippen LogP contribution in [0.4, 0.5) is 5.13 Å². The molecule has 3 heterocycles. The van der Waals surface area contributed by atoms with Gasteiger partial charge in [0.1, 0.15) is 17.1 Å². The molecular weight excluding hydrogens is 405 g/mol. The molecule has 27 heavy (non-hydrogen) atoms. The van der Waals surface area contributed by atoms with Crippen molar-refractivity contribution in [2.75, 3.05) is 18.0 Å².